The maximum atomic E-state index is 12.7. The largest absolute Gasteiger partial charge is 0.416 e. The molecule has 1 amide bonds. The Labute approximate surface area is 120 Å². The van der Waals surface area contributed by atoms with E-state index in [0.717, 1.165) is 18.6 Å². The van der Waals surface area contributed by atoms with Crippen LogP contribution in [0.3, 0.4) is 0 Å². The predicted octanol–water partition coefficient (Wildman–Crippen LogP) is 2.37. The van der Waals surface area contributed by atoms with Crippen LogP contribution < -0.4 is 5.73 Å². The number of alkyl halides is 3. The van der Waals surface area contributed by atoms with E-state index in [-0.39, 0.29) is 23.8 Å². The van der Waals surface area contributed by atoms with Gasteiger partial charge in [-0.1, -0.05) is 18.2 Å². The molecule has 0 bridgehead atoms. The molecule has 2 fully saturated rings. The van der Waals surface area contributed by atoms with Gasteiger partial charge in [0.15, 0.2) is 0 Å². The van der Waals surface area contributed by atoms with E-state index in [4.69, 9.17) is 5.73 Å². The maximum absolute atomic E-state index is 12.7. The van der Waals surface area contributed by atoms with Crippen LogP contribution >= 0.6 is 0 Å². The SMILES string of the molecule is N[C@@H]1CCN(C(=O)[C@@H]2C[C@@H]2c2cccc(C(F)(F)F)c2)C1. The van der Waals surface area contributed by atoms with Crippen LogP contribution in [-0.4, -0.2) is 29.9 Å². The van der Waals surface area contributed by atoms with E-state index in [2.05, 4.69) is 0 Å². The zero-order valence-electron chi connectivity index (χ0n) is 11.4. The highest BCUT2D eigenvalue weighted by Crippen LogP contribution is 2.49. The van der Waals surface area contributed by atoms with Gasteiger partial charge in [-0.05, 0) is 30.4 Å². The molecular weight excluding hydrogens is 281 g/mol. The Bertz CT molecular complexity index is 558. The van der Waals surface area contributed by atoms with Crippen LogP contribution in [0.1, 0.15) is 29.9 Å². The number of likely N-dealkylation sites (tertiary alicyclic amines) is 1. The van der Waals surface area contributed by atoms with Gasteiger partial charge in [0.05, 0.1) is 5.56 Å². The molecule has 3 rings (SSSR count). The Morgan fingerprint density at radius 2 is 2.10 bits per heavy atom. The van der Waals surface area contributed by atoms with Crippen molar-refractivity contribution in [2.24, 2.45) is 11.7 Å². The van der Waals surface area contributed by atoms with Crippen molar-refractivity contribution in [3.8, 4) is 0 Å². The van der Waals surface area contributed by atoms with Crippen LogP contribution in [0, 0.1) is 5.92 Å². The number of hydrogen-bond donors (Lipinski definition) is 1. The maximum Gasteiger partial charge on any atom is 0.416 e. The van der Waals surface area contributed by atoms with Crippen LogP contribution in [0.5, 0.6) is 0 Å². The van der Waals surface area contributed by atoms with Crippen LogP contribution in [0.2, 0.25) is 0 Å². The van der Waals surface area contributed by atoms with E-state index in [9.17, 15) is 18.0 Å². The number of nitrogens with zero attached hydrogens (tertiary/aromatic N) is 1. The molecule has 114 valence electrons. The standard InChI is InChI=1S/C15H17F3N2O/c16-15(17,18)10-3-1-2-9(6-10)12-7-13(12)14(21)20-5-4-11(19)8-20/h1-3,6,11-13H,4-5,7-8,19H2/t11-,12-,13-/m1/s1. The molecule has 0 radical (unpaired) electrons. The van der Waals surface area contributed by atoms with E-state index in [1.165, 1.54) is 6.07 Å². The molecule has 1 aromatic rings. The summed E-state index contributed by atoms with van der Waals surface area (Å²) in [4.78, 5) is 14.0. The van der Waals surface area contributed by atoms with Crippen molar-refractivity contribution < 1.29 is 18.0 Å². The fourth-order valence-corrected chi connectivity index (χ4v) is 3.00. The van der Waals surface area contributed by atoms with Crippen molar-refractivity contribution in [1.29, 1.82) is 0 Å². The van der Waals surface area contributed by atoms with E-state index in [0.29, 0.717) is 25.1 Å². The quantitative estimate of drug-likeness (QED) is 0.911. The van der Waals surface area contributed by atoms with Gasteiger partial charge in [0, 0.05) is 25.0 Å². The molecule has 0 unspecified atom stereocenters. The molecule has 6 heteroatoms. The first kappa shape index (κ1) is 14.4. The molecule has 1 aromatic carbocycles. The lowest BCUT2D eigenvalue weighted by molar-refractivity contribution is -0.137. The zero-order valence-corrected chi connectivity index (χ0v) is 11.4. The normalized spacial score (nSPS) is 28.8. The molecule has 3 atom stereocenters. The number of amides is 1. The highest BCUT2D eigenvalue weighted by atomic mass is 19.4. The average molecular weight is 298 g/mol. The van der Waals surface area contributed by atoms with E-state index < -0.39 is 11.7 Å². The predicted molar refractivity (Wildman–Crippen MR) is 71.5 cm³/mol. The summed E-state index contributed by atoms with van der Waals surface area (Å²) >= 11 is 0. The number of hydrogen-bond acceptors (Lipinski definition) is 2. The van der Waals surface area contributed by atoms with Crippen molar-refractivity contribution in [1.82, 2.24) is 4.90 Å². The second kappa shape index (κ2) is 5.02. The Morgan fingerprint density at radius 3 is 2.71 bits per heavy atom. The zero-order chi connectivity index (χ0) is 15.2. The Balaban J connectivity index is 1.69. The van der Waals surface area contributed by atoms with Crippen molar-refractivity contribution in [2.75, 3.05) is 13.1 Å². The number of nitrogens with two attached hydrogens (primary N) is 1. The minimum Gasteiger partial charge on any atom is -0.341 e. The van der Waals surface area contributed by atoms with Crippen molar-refractivity contribution in [3.05, 3.63) is 35.4 Å². The Morgan fingerprint density at radius 1 is 1.33 bits per heavy atom. The minimum atomic E-state index is -4.34. The molecule has 0 aromatic heterocycles. The van der Waals surface area contributed by atoms with Crippen molar-refractivity contribution >= 4 is 5.91 Å². The third-order valence-electron chi connectivity index (χ3n) is 4.29. The summed E-state index contributed by atoms with van der Waals surface area (Å²) in [5.41, 5.74) is 5.73. The second-order valence-electron chi connectivity index (χ2n) is 5.90. The fourth-order valence-electron chi connectivity index (χ4n) is 3.00. The first-order chi connectivity index (χ1) is 9.86. The minimum absolute atomic E-state index is 0.0275. The van der Waals surface area contributed by atoms with Gasteiger partial charge in [-0.3, -0.25) is 4.79 Å². The summed E-state index contributed by atoms with van der Waals surface area (Å²) in [5.74, 6) is -0.235. The lowest BCUT2D eigenvalue weighted by Crippen LogP contribution is -2.33. The second-order valence-corrected chi connectivity index (χ2v) is 5.90. The summed E-state index contributed by atoms with van der Waals surface area (Å²) in [6, 6.07) is 5.32. The third kappa shape index (κ3) is 2.90. The van der Waals surface area contributed by atoms with Crippen molar-refractivity contribution in [3.63, 3.8) is 0 Å². The Hall–Kier alpha value is -1.56. The van der Waals surface area contributed by atoms with Gasteiger partial charge in [-0.2, -0.15) is 13.2 Å². The lowest BCUT2D eigenvalue weighted by atomic mass is 10.1. The molecule has 0 spiro atoms. The van der Waals surface area contributed by atoms with E-state index in [1.54, 1.807) is 11.0 Å². The highest BCUT2D eigenvalue weighted by molar-refractivity contribution is 5.83. The third-order valence-corrected chi connectivity index (χ3v) is 4.29. The molecular formula is C15H17F3N2O. The van der Waals surface area contributed by atoms with E-state index >= 15 is 0 Å². The molecule has 1 aliphatic heterocycles. The van der Waals surface area contributed by atoms with Crippen LogP contribution in [-0.2, 0) is 11.0 Å². The summed E-state index contributed by atoms with van der Waals surface area (Å²) in [5, 5.41) is 0. The molecule has 21 heavy (non-hydrogen) atoms. The van der Waals surface area contributed by atoms with Crippen molar-refractivity contribution in [2.45, 2.75) is 31.0 Å². The summed E-state index contributed by atoms with van der Waals surface area (Å²) in [7, 11) is 0. The topological polar surface area (TPSA) is 46.3 Å². The fraction of sp³-hybridized carbons (Fsp3) is 0.533. The van der Waals surface area contributed by atoms with Crippen LogP contribution in [0.15, 0.2) is 24.3 Å². The van der Waals surface area contributed by atoms with Gasteiger partial charge in [0.2, 0.25) is 5.91 Å². The van der Waals surface area contributed by atoms with Crippen LogP contribution in [0.25, 0.3) is 0 Å². The molecule has 2 N–H and O–H groups in total. The van der Waals surface area contributed by atoms with Gasteiger partial charge < -0.3 is 10.6 Å². The first-order valence-corrected chi connectivity index (χ1v) is 7.08. The lowest BCUT2D eigenvalue weighted by Gasteiger charge is -2.15. The number of carbonyl (C=O) groups is 1. The van der Waals surface area contributed by atoms with Gasteiger partial charge in [0.1, 0.15) is 0 Å². The molecule has 1 aliphatic carbocycles. The number of rotatable bonds is 2. The smallest absolute Gasteiger partial charge is 0.341 e. The average Bonchev–Trinajstić information content (AvgIpc) is 3.12. The number of carbonyl (C=O) groups excluding carboxylic acids is 1. The molecule has 1 saturated heterocycles. The monoisotopic (exact) mass is 298 g/mol. The summed E-state index contributed by atoms with van der Waals surface area (Å²) in [6.07, 6.45) is -2.91. The molecule has 1 heterocycles. The van der Waals surface area contributed by atoms with Gasteiger partial charge in [0.25, 0.3) is 0 Å². The van der Waals surface area contributed by atoms with Gasteiger partial charge in [-0.25, -0.2) is 0 Å². The molecule has 1 saturated carbocycles. The number of benzene rings is 1. The highest BCUT2D eigenvalue weighted by Gasteiger charge is 2.47. The Kier molecular flexibility index (Phi) is 3.43. The van der Waals surface area contributed by atoms with Gasteiger partial charge in [-0.15, -0.1) is 0 Å². The van der Waals surface area contributed by atoms with Gasteiger partial charge >= 0.3 is 6.18 Å². The first-order valence-electron chi connectivity index (χ1n) is 7.08. The molecule has 2 aliphatic rings. The number of halogens is 3. The summed E-state index contributed by atoms with van der Waals surface area (Å²) in [6.45, 7) is 1.22. The van der Waals surface area contributed by atoms with E-state index in [1.807, 2.05) is 0 Å². The molecule has 3 nitrogen and oxygen atoms in total. The van der Waals surface area contributed by atoms with Crippen LogP contribution in [0.4, 0.5) is 13.2 Å². The summed E-state index contributed by atoms with van der Waals surface area (Å²) < 4.78 is 38.1.